The van der Waals surface area contributed by atoms with E-state index < -0.39 is 16.5 Å². The number of benzene rings is 2. The Balaban J connectivity index is 1.83. The van der Waals surface area contributed by atoms with Gasteiger partial charge in [0, 0.05) is 30.1 Å². The van der Waals surface area contributed by atoms with Crippen LogP contribution in [0.4, 0.5) is 0 Å². The van der Waals surface area contributed by atoms with Gasteiger partial charge in [-0.05, 0) is 35.9 Å². The fourth-order valence-corrected chi connectivity index (χ4v) is 3.48. The van der Waals surface area contributed by atoms with Gasteiger partial charge in [0.1, 0.15) is 10.9 Å². The van der Waals surface area contributed by atoms with Gasteiger partial charge in [0.25, 0.3) is 17.0 Å². The zero-order valence-electron chi connectivity index (χ0n) is 16.2. The zero-order valence-corrected chi connectivity index (χ0v) is 16.9. The third-order valence-corrected chi connectivity index (χ3v) is 5.07. The Hall–Kier alpha value is -3.65. The maximum absolute atomic E-state index is 13.0. The summed E-state index contributed by atoms with van der Waals surface area (Å²) in [5.74, 6) is -0.142. The second kappa shape index (κ2) is 7.31. The number of H-pyrrole nitrogens is 2. The van der Waals surface area contributed by atoms with Gasteiger partial charge in [-0.15, -0.1) is 0 Å². The predicted molar refractivity (Wildman–Crippen MR) is 116 cm³/mol. The van der Waals surface area contributed by atoms with Crippen LogP contribution in [0.3, 0.4) is 0 Å². The number of aromatic nitrogens is 3. The second-order valence-electron chi connectivity index (χ2n) is 7.12. The quantitative estimate of drug-likeness (QED) is 0.490. The number of rotatable bonds is 3. The largest absolute Gasteiger partial charge is 0.350 e. The van der Waals surface area contributed by atoms with Gasteiger partial charge in [0.2, 0.25) is 5.43 Å². The molecule has 0 radical (unpaired) electrons. The minimum absolute atomic E-state index is 0.0402. The van der Waals surface area contributed by atoms with Gasteiger partial charge < -0.3 is 9.88 Å². The maximum atomic E-state index is 13.0. The summed E-state index contributed by atoms with van der Waals surface area (Å²) >= 11 is 5.96. The van der Waals surface area contributed by atoms with E-state index in [4.69, 9.17) is 11.6 Å². The van der Waals surface area contributed by atoms with Gasteiger partial charge in [0.15, 0.2) is 0 Å². The summed E-state index contributed by atoms with van der Waals surface area (Å²) in [6, 6.07) is 11.3. The highest BCUT2D eigenvalue weighted by Gasteiger charge is 2.15. The molecule has 0 aliphatic rings. The molecule has 2 aromatic heterocycles. The number of nitrogens with one attached hydrogen (secondary N) is 2. The Morgan fingerprint density at radius 3 is 2.43 bits per heavy atom. The highest BCUT2D eigenvalue weighted by atomic mass is 35.5. The van der Waals surface area contributed by atoms with Crippen molar-refractivity contribution in [2.45, 2.75) is 6.54 Å². The van der Waals surface area contributed by atoms with Gasteiger partial charge in [-0.3, -0.25) is 24.3 Å². The summed E-state index contributed by atoms with van der Waals surface area (Å²) in [4.78, 5) is 54.7. The lowest BCUT2D eigenvalue weighted by atomic mass is 10.1. The molecule has 1 amide bonds. The van der Waals surface area contributed by atoms with Crippen LogP contribution in [0.5, 0.6) is 0 Å². The van der Waals surface area contributed by atoms with Crippen LogP contribution in [0.1, 0.15) is 15.9 Å². The van der Waals surface area contributed by atoms with E-state index in [1.54, 1.807) is 44.4 Å². The van der Waals surface area contributed by atoms with Gasteiger partial charge in [-0.2, -0.15) is 0 Å². The van der Waals surface area contributed by atoms with Crippen LogP contribution in [0.2, 0.25) is 5.02 Å². The molecule has 0 atom stereocenters. The van der Waals surface area contributed by atoms with Crippen molar-refractivity contribution in [2.75, 3.05) is 14.1 Å². The van der Waals surface area contributed by atoms with Crippen molar-refractivity contribution < 1.29 is 4.79 Å². The molecule has 0 unspecified atom stereocenters. The molecular weight excluding hydrogens is 408 g/mol. The van der Waals surface area contributed by atoms with Crippen molar-refractivity contribution in [3.8, 4) is 0 Å². The number of amides is 1. The summed E-state index contributed by atoms with van der Waals surface area (Å²) in [5.41, 5.74) is -0.269. The van der Waals surface area contributed by atoms with Crippen molar-refractivity contribution >= 4 is 39.3 Å². The lowest BCUT2D eigenvalue weighted by Gasteiger charge is -2.11. The fraction of sp³-hybridized carbons (Fsp3) is 0.143. The number of carbonyl (C=O) groups excluding carboxylic acids is 1. The molecule has 0 aliphatic carbocycles. The Morgan fingerprint density at radius 2 is 1.77 bits per heavy atom. The number of carbonyl (C=O) groups is 1. The minimum atomic E-state index is -0.615. The molecule has 4 rings (SSSR count). The highest BCUT2D eigenvalue weighted by Crippen LogP contribution is 2.16. The molecule has 2 aromatic carbocycles. The molecule has 8 nitrogen and oxygen atoms in total. The molecular formula is C21H17ClN4O4. The molecule has 0 saturated carbocycles. The normalized spacial score (nSPS) is 11.2. The van der Waals surface area contributed by atoms with Gasteiger partial charge in [-0.1, -0.05) is 23.7 Å². The molecule has 152 valence electrons. The van der Waals surface area contributed by atoms with E-state index in [9.17, 15) is 19.2 Å². The molecule has 0 fully saturated rings. The molecule has 0 saturated heterocycles. The van der Waals surface area contributed by atoms with E-state index in [2.05, 4.69) is 10.1 Å². The van der Waals surface area contributed by atoms with Crippen LogP contribution < -0.4 is 16.5 Å². The average molecular weight is 425 g/mol. The van der Waals surface area contributed by atoms with Crippen LogP contribution >= 0.6 is 11.6 Å². The van der Waals surface area contributed by atoms with Crippen LogP contribution in [0.15, 0.2) is 56.8 Å². The first-order chi connectivity index (χ1) is 14.3. The standard InChI is InChI=1S/C21H17ClN4O4/c1-25(2)20(29)12-5-3-11(4-6-12)10-26-21(30)16-17(19(28)24-26)23-15-9-13(22)7-8-14(15)18(16)27/h3-9H,10H2,1-2H3,(H,23,27)(H,24,28). The first-order valence-electron chi connectivity index (χ1n) is 9.05. The van der Waals surface area contributed by atoms with Crippen molar-refractivity contribution in [2.24, 2.45) is 0 Å². The van der Waals surface area contributed by atoms with Crippen LogP contribution in [-0.4, -0.2) is 39.7 Å². The van der Waals surface area contributed by atoms with Crippen LogP contribution in [0.25, 0.3) is 21.8 Å². The summed E-state index contributed by atoms with van der Waals surface area (Å²) in [6.45, 7) is 0.0402. The molecule has 0 aliphatic heterocycles. The monoisotopic (exact) mass is 424 g/mol. The zero-order chi connectivity index (χ0) is 21.6. The second-order valence-corrected chi connectivity index (χ2v) is 7.56. The minimum Gasteiger partial charge on any atom is -0.350 e. The van der Waals surface area contributed by atoms with E-state index in [-0.39, 0.29) is 28.7 Å². The number of hydrogen-bond acceptors (Lipinski definition) is 4. The molecule has 30 heavy (non-hydrogen) atoms. The molecule has 0 bridgehead atoms. The molecule has 4 aromatic rings. The Morgan fingerprint density at radius 1 is 1.07 bits per heavy atom. The smallest absolute Gasteiger partial charge is 0.287 e. The maximum Gasteiger partial charge on any atom is 0.287 e. The van der Waals surface area contributed by atoms with E-state index in [0.29, 0.717) is 21.7 Å². The summed E-state index contributed by atoms with van der Waals surface area (Å²) < 4.78 is 1.09. The molecule has 2 heterocycles. The van der Waals surface area contributed by atoms with Crippen LogP contribution in [0, 0.1) is 0 Å². The van der Waals surface area contributed by atoms with Gasteiger partial charge in [-0.25, -0.2) is 4.68 Å². The third kappa shape index (κ3) is 3.31. The van der Waals surface area contributed by atoms with Gasteiger partial charge >= 0.3 is 0 Å². The Bertz CT molecular complexity index is 1480. The van der Waals surface area contributed by atoms with Crippen molar-refractivity contribution in [1.29, 1.82) is 0 Å². The number of halogens is 1. The lowest BCUT2D eigenvalue weighted by molar-refractivity contribution is 0.0827. The summed E-state index contributed by atoms with van der Waals surface area (Å²) in [5, 5.41) is 2.96. The number of fused-ring (bicyclic) bond motifs is 2. The topological polar surface area (TPSA) is 108 Å². The number of pyridine rings is 1. The van der Waals surface area contributed by atoms with E-state index in [1.165, 1.54) is 17.0 Å². The summed E-state index contributed by atoms with van der Waals surface area (Å²) in [6.07, 6.45) is 0. The average Bonchev–Trinajstić information content (AvgIpc) is 2.71. The summed E-state index contributed by atoms with van der Waals surface area (Å²) in [7, 11) is 3.32. The lowest BCUT2D eigenvalue weighted by Crippen LogP contribution is -2.34. The van der Waals surface area contributed by atoms with Crippen molar-refractivity contribution in [1.82, 2.24) is 19.7 Å². The first-order valence-corrected chi connectivity index (χ1v) is 9.43. The number of aromatic amines is 2. The van der Waals surface area contributed by atoms with E-state index >= 15 is 0 Å². The van der Waals surface area contributed by atoms with E-state index in [0.717, 1.165) is 4.68 Å². The number of nitrogens with zero attached hydrogens (tertiary/aromatic N) is 2. The fourth-order valence-electron chi connectivity index (χ4n) is 3.31. The van der Waals surface area contributed by atoms with E-state index in [1.807, 2.05) is 0 Å². The highest BCUT2D eigenvalue weighted by molar-refractivity contribution is 6.31. The molecule has 0 spiro atoms. The third-order valence-electron chi connectivity index (χ3n) is 4.83. The van der Waals surface area contributed by atoms with Crippen molar-refractivity contribution in [3.63, 3.8) is 0 Å². The Kier molecular flexibility index (Phi) is 4.79. The molecule has 9 heteroatoms. The predicted octanol–water partition coefficient (Wildman–Crippen LogP) is 1.93. The molecule has 2 N–H and O–H groups in total. The van der Waals surface area contributed by atoms with Crippen LogP contribution in [-0.2, 0) is 6.54 Å². The first kappa shape index (κ1) is 19.7. The number of hydrogen-bond donors (Lipinski definition) is 2. The Labute approximate surface area is 174 Å². The van der Waals surface area contributed by atoms with Crippen molar-refractivity contribution in [3.05, 3.63) is 89.5 Å². The van der Waals surface area contributed by atoms with Gasteiger partial charge in [0.05, 0.1) is 12.1 Å². The SMILES string of the molecule is CN(C)C(=O)c1ccc(Cn2[nH]c(=O)c3[nH]c4cc(Cl)ccc4c(=O)c3c2=O)cc1.